The summed E-state index contributed by atoms with van der Waals surface area (Å²) in [6.45, 7) is 2.61. The lowest BCUT2D eigenvalue weighted by molar-refractivity contribution is -0.138. The first kappa shape index (κ1) is 11.5. The molecule has 1 saturated heterocycles. The van der Waals surface area contributed by atoms with Gasteiger partial charge in [0.25, 0.3) is 0 Å². The summed E-state index contributed by atoms with van der Waals surface area (Å²) < 4.78 is 1.47. The van der Waals surface area contributed by atoms with E-state index in [0.29, 0.717) is 13.1 Å². The maximum absolute atomic E-state index is 11.5. The van der Waals surface area contributed by atoms with Crippen molar-refractivity contribution >= 4 is 11.9 Å². The van der Waals surface area contributed by atoms with Gasteiger partial charge in [0, 0.05) is 13.1 Å². The highest BCUT2D eigenvalue weighted by Gasteiger charge is 2.34. The predicted octanol–water partition coefficient (Wildman–Crippen LogP) is -1.29. The second kappa shape index (κ2) is 4.13. The highest BCUT2D eigenvalue weighted by Crippen LogP contribution is 2.20. The van der Waals surface area contributed by atoms with Gasteiger partial charge in [-0.1, -0.05) is 5.21 Å². The molecular weight excluding hydrogens is 226 g/mol. The number of rotatable bonds is 3. The smallest absolute Gasteiger partial charge is 0.358 e. The van der Waals surface area contributed by atoms with Crippen LogP contribution in [0.3, 0.4) is 0 Å². The van der Waals surface area contributed by atoms with Crippen molar-refractivity contribution in [3.8, 4) is 0 Å². The van der Waals surface area contributed by atoms with Gasteiger partial charge in [0.1, 0.15) is 0 Å². The van der Waals surface area contributed by atoms with Gasteiger partial charge in [0.05, 0.1) is 18.3 Å². The molecule has 8 nitrogen and oxygen atoms in total. The number of carboxylic acid groups (broad SMARTS) is 1. The summed E-state index contributed by atoms with van der Waals surface area (Å²) in [6.07, 6.45) is 1.36. The van der Waals surface area contributed by atoms with Crippen molar-refractivity contribution in [1.82, 2.24) is 19.9 Å². The van der Waals surface area contributed by atoms with E-state index in [4.69, 9.17) is 10.8 Å². The number of carboxylic acids is 1. The Kier molecular flexibility index (Phi) is 2.80. The Labute approximate surface area is 97.0 Å². The molecule has 2 rings (SSSR count). The topological polar surface area (TPSA) is 114 Å². The Balaban J connectivity index is 1.95. The number of aromatic nitrogens is 3. The zero-order chi connectivity index (χ0) is 12.6. The molecule has 0 aliphatic carbocycles. The van der Waals surface area contributed by atoms with Gasteiger partial charge in [-0.2, -0.15) is 0 Å². The van der Waals surface area contributed by atoms with Crippen molar-refractivity contribution in [3.05, 3.63) is 11.9 Å². The largest absolute Gasteiger partial charge is 0.476 e. The van der Waals surface area contributed by atoms with Gasteiger partial charge in [-0.05, 0) is 6.92 Å². The first-order chi connectivity index (χ1) is 7.99. The van der Waals surface area contributed by atoms with Gasteiger partial charge in [-0.15, -0.1) is 5.10 Å². The van der Waals surface area contributed by atoms with E-state index < -0.39 is 12.0 Å². The fraction of sp³-hybridized carbons (Fsp3) is 0.556. The average Bonchev–Trinajstić information content (AvgIpc) is 2.64. The molecule has 0 bridgehead atoms. The van der Waals surface area contributed by atoms with Crippen molar-refractivity contribution in [1.29, 1.82) is 0 Å². The van der Waals surface area contributed by atoms with Crippen molar-refractivity contribution in [2.75, 3.05) is 13.1 Å². The van der Waals surface area contributed by atoms with Gasteiger partial charge in [-0.25, -0.2) is 9.48 Å². The molecule has 0 spiro atoms. The number of carbonyl (C=O) groups excluding carboxylic acids is 1. The van der Waals surface area contributed by atoms with Crippen molar-refractivity contribution in [2.45, 2.75) is 19.0 Å². The van der Waals surface area contributed by atoms with Crippen molar-refractivity contribution < 1.29 is 14.7 Å². The molecule has 0 saturated carbocycles. The molecule has 2 heterocycles. The van der Waals surface area contributed by atoms with E-state index in [1.807, 2.05) is 0 Å². The Hall–Kier alpha value is -1.96. The molecule has 1 aliphatic rings. The lowest BCUT2D eigenvalue weighted by Crippen LogP contribution is -2.55. The van der Waals surface area contributed by atoms with Crippen molar-refractivity contribution in [2.24, 2.45) is 5.73 Å². The van der Waals surface area contributed by atoms with Gasteiger partial charge >= 0.3 is 5.97 Å². The van der Waals surface area contributed by atoms with Crippen LogP contribution in [0.2, 0.25) is 0 Å². The molecule has 0 radical (unpaired) electrons. The zero-order valence-electron chi connectivity index (χ0n) is 9.28. The summed E-state index contributed by atoms with van der Waals surface area (Å²) >= 11 is 0. The second-order valence-corrected chi connectivity index (χ2v) is 4.07. The fourth-order valence-electron chi connectivity index (χ4n) is 1.64. The minimum Gasteiger partial charge on any atom is -0.476 e. The highest BCUT2D eigenvalue weighted by atomic mass is 16.4. The summed E-state index contributed by atoms with van der Waals surface area (Å²) in [6, 6.07) is -0.528. The molecule has 1 fully saturated rings. The fourth-order valence-corrected chi connectivity index (χ4v) is 1.64. The minimum absolute atomic E-state index is 0.0155. The first-order valence-corrected chi connectivity index (χ1v) is 5.18. The standard InChI is InChI=1S/C9H13N5O3/c1-5(10)8(15)13-2-6(3-13)14-4-7(9(16)17)11-12-14/h4-6H,2-3,10H2,1H3,(H,16,17)/t5-/m0/s1. The number of amides is 1. The summed E-state index contributed by atoms with van der Waals surface area (Å²) in [5.41, 5.74) is 5.38. The summed E-state index contributed by atoms with van der Waals surface area (Å²) in [5, 5.41) is 15.9. The lowest BCUT2D eigenvalue weighted by atomic mass is 10.1. The van der Waals surface area contributed by atoms with Crippen LogP contribution < -0.4 is 5.73 Å². The van der Waals surface area contributed by atoms with Gasteiger partial charge in [-0.3, -0.25) is 4.79 Å². The third kappa shape index (κ3) is 2.11. The molecule has 3 N–H and O–H groups in total. The normalized spacial score (nSPS) is 17.6. The molecule has 1 aliphatic heterocycles. The van der Waals surface area contributed by atoms with Crippen LogP contribution in [0.25, 0.3) is 0 Å². The number of nitrogens with zero attached hydrogens (tertiary/aromatic N) is 4. The SMILES string of the molecule is C[C@H](N)C(=O)N1CC(n2cc(C(=O)O)nn2)C1. The Morgan fingerprint density at radius 3 is 2.71 bits per heavy atom. The third-order valence-electron chi connectivity index (χ3n) is 2.67. The second-order valence-electron chi connectivity index (χ2n) is 4.07. The monoisotopic (exact) mass is 239 g/mol. The van der Waals surface area contributed by atoms with E-state index in [-0.39, 0.29) is 17.6 Å². The Morgan fingerprint density at radius 1 is 1.59 bits per heavy atom. The van der Waals surface area contributed by atoms with E-state index in [0.717, 1.165) is 0 Å². The maximum atomic E-state index is 11.5. The van der Waals surface area contributed by atoms with Crippen LogP contribution in [-0.4, -0.2) is 56.0 Å². The molecule has 8 heteroatoms. The number of hydrogen-bond acceptors (Lipinski definition) is 5. The molecule has 17 heavy (non-hydrogen) atoms. The first-order valence-electron chi connectivity index (χ1n) is 5.18. The van der Waals surface area contributed by atoms with Crippen LogP contribution in [0, 0.1) is 0 Å². The molecule has 1 aromatic rings. The predicted molar refractivity (Wildman–Crippen MR) is 56.2 cm³/mol. The van der Waals surface area contributed by atoms with Gasteiger partial charge in [0.2, 0.25) is 5.91 Å². The van der Waals surface area contributed by atoms with E-state index in [2.05, 4.69) is 10.3 Å². The number of aromatic carboxylic acids is 1. The van der Waals surface area contributed by atoms with Crippen LogP contribution in [0.4, 0.5) is 0 Å². The Morgan fingerprint density at radius 2 is 2.24 bits per heavy atom. The van der Waals surface area contributed by atoms with E-state index in [9.17, 15) is 9.59 Å². The molecule has 1 atom stereocenters. The van der Waals surface area contributed by atoms with Gasteiger partial charge in [0.15, 0.2) is 5.69 Å². The molecule has 1 aromatic heterocycles. The molecule has 0 aromatic carbocycles. The summed E-state index contributed by atoms with van der Waals surface area (Å²) in [5.74, 6) is -1.22. The minimum atomic E-state index is -1.11. The molecule has 92 valence electrons. The third-order valence-corrected chi connectivity index (χ3v) is 2.67. The maximum Gasteiger partial charge on any atom is 0.358 e. The molecule has 0 unspecified atom stereocenters. The number of carbonyl (C=O) groups is 2. The van der Waals surface area contributed by atoms with E-state index in [1.165, 1.54) is 10.9 Å². The zero-order valence-corrected chi connectivity index (χ0v) is 9.28. The summed E-state index contributed by atoms with van der Waals surface area (Å²) in [7, 11) is 0. The van der Waals surface area contributed by atoms with Crippen LogP contribution in [0.5, 0.6) is 0 Å². The highest BCUT2D eigenvalue weighted by molar-refractivity contribution is 5.84. The van der Waals surface area contributed by atoms with Crippen LogP contribution in [0.15, 0.2) is 6.20 Å². The number of nitrogens with two attached hydrogens (primary N) is 1. The Bertz CT molecular complexity index is 449. The quantitative estimate of drug-likeness (QED) is 0.678. The number of hydrogen-bond donors (Lipinski definition) is 2. The average molecular weight is 239 g/mol. The van der Waals surface area contributed by atoms with Crippen molar-refractivity contribution in [3.63, 3.8) is 0 Å². The summed E-state index contributed by atoms with van der Waals surface area (Å²) in [4.78, 5) is 23.7. The van der Waals surface area contributed by atoms with Crippen LogP contribution >= 0.6 is 0 Å². The molecule has 1 amide bonds. The van der Waals surface area contributed by atoms with Gasteiger partial charge < -0.3 is 15.7 Å². The van der Waals surface area contributed by atoms with E-state index >= 15 is 0 Å². The lowest BCUT2D eigenvalue weighted by Gasteiger charge is -2.39. The molecular formula is C9H13N5O3. The van der Waals surface area contributed by atoms with E-state index in [1.54, 1.807) is 11.8 Å². The van der Waals surface area contributed by atoms with Crippen LogP contribution in [-0.2, 0) is 4.79 Å². The van der Waals surface area contributed by atoms with Crippen LogP contribution in [0.1, 0.15) is 23.5 Å². The number of likely N-dealkylation sites (tertiary alicyclic amines) is 1.